The summed E-state index contributed by atoms with van der Waals surface area (Å²) in [5.74, 6) is 0.0422. The van der Waals surface area contributed by atoms with E-state index in [0.717, 1.165) is 11.3 Å². The molecule has 0 saturated heterocycles. The number of nitrogens with one attached hydrogen (secondary N) is 2. The van der Waals surface area contributed by atoms with Crippen molar-refractivity contribution in [1.82, 2.24) is 10.6 Å². The van der Waals surface area contributed by atoms with Crippen LogP contribution in [0.5, 0.6) is 5.75 Å². The van der Waals surface area contributed by atoms with Crippen LogP contribution < -0.4 is 15.4 Å². The standard InChI is InChI=1S/C15H22N2O4/c1-10(12-5-7-13(20-3)8-6-12)16-9-14(15(19)21-4)17-11(2)18/h5-8,10,14,16H,9H2,1-4H3,(H,17,18)/t10-,14?/m0/s1. The lowest BCUT2D eigenvalue weighted by Gasteiger charge is -2.20. The van der Waals surface area contributed by atoms with E-state index >= 15 is 0 Å². The van der Waals surface area contributed by atoms with E-state index in [1.807, 2.05) is 31.2 Å². The Balaban J connectivity index is 2.60. The highest BCUT2D eigenvalue weighted by atomic mass is 16.5. The lowest BCUT2D eigenvalue weighted by atomic mass is 10.1. The molecule has 0 bridgehead atoms. The Morgan fingerprint density at radius 3 is 2.29 bits per heavy atom. The molecule has 0 aliphatic heterocycles. The highest BCUT2D eigenvalue weighted by Gasteiger charge is 2.20. The molecular weight excluding hydrogens is 272 g/mol. The van der Waals surface area contributed by atoms with Crippen LogP contribution in [-0.4, -0.2) is 38.7 Å². The molecule has 1 amide bonds. The van der Waals surface area contributed by atoms with Crippen molar-refractivity contribution in [1.29, 1.82) is 0 Å². The largest absolute Gasteiger partial charge is 0.497 e. The SMILES string of the molecule is COC(=O)C(CN[C@@H](C)c1ccc(OC)cc1)NC(C)=O. The number of benzene rings is 1. The molecule has 1 aromatic rings. The summed E-state index contributed by atoms with van der Waals surface area (Å²) in [6.45, 7) is 3.63. The van der Waals surface area contributed by atoms with Crippen LogP contribution in [0, 0.1) is 0 Å². The van der Waals surface area contributed by atoms with Crippen LogP contribution in [0.4, 0.5) is 0 Å². The molecule has 2 atom stereocenters. The maximum absolute atomic E-state index is 11.6. The molecule has 0 saturated carbocycles. The van der Waals surface area contributed by atoms with Gasteiger partial charge in [-0.05, 0) is 24.6 Å². The summed E-state index contributed by atoms with van der Waals surface area (Å²) >= 11 is 0. The van der Waals surface area contributed by atoms with E-state index in [2.05, 4.69) is 15.4 Å². The van der Waals surface area contributed by atoms with E-state index in [1.54, 1.807) is 7.11 Å². The van der Waals surface area contributed by atoms with Crippen LogP contribution >= 0.6 is 0 Å². The Kier molecular flexibility index (Phi) is 6.68. The normalized spacial score (nSPS) is 13.1. The van der Waals surface area contributed by atoms with E-state index in [9.17, 15) is 9.59 Å². The highest BCUT2D eigenvalue weighted by Crippen LogP contribution is 2.17. The van der Waals surface area contributed by atoms with Gasteiger partial charge in [0.1, 0.15) is 11.8 Å². The second-order valence-corrected chi connectivity index (χ2v) is 4.68. The third kappa shape index (κ3) is 5.43. The second kappa shape index (κ2) is 8.26. The quantitative estimate of drug-likeness (QED) is 0.734. The van der Waals surface area contributed by atoms with Gasteiger partial charge in [-0.1, -0.05) is 12.1 Å². The number of carbonyl (C=O) groups is 2. The first kappa shape index (κ1) is 17.0. The third-order valence-corrected chi connectivity index (χ3v) is 3.11. The molecule has 0 heterocycles. The summed E-state index contributed by atoms with van der Waals surface area (Å²) in [7, 11) is 2.91. The zero-order chi connectivity index (χ0) is 15.8. The van der Waals surface area contributed by atoms with Crippen molar-refractivity contribution in [3.8, 4) is 5.75 Å². The number of esters is 1. The number of carbonyl (C=O) groups excluding carboxylic acids is 2. The predicted molar refractivity (Wildman–Crippen MR) is 79.0 cm³/mol. The number of hydrogen-bond donors (Lipinski definition) is 2. The summed E-state index contributed by atoms with van der Waals surface area (Å²) in [6, 6.07) is 6.97. The molecule has 6 nitrogen and oxygen atoms in total. The molecule has 21 heavy (non-hydrogen) atoms. The van der Waals surface area contributed by atoms with Crippen LogP contribution in [0.2, 0.25) is 0 Å². The molecular formula is C15H22N2O4. The number of methoxy groups -OCH3 is 2. The molecule has 1 aromatic carbocycles. The van der Waals surface area contributed by atoms with E-state index in [0.29, 0.717) is 6.54 Å². The van der Waals surface area contributed by atoms with Gasteiger partial charge in [0.2, 0.25) is 5.91 Å². The minimum absolute atomic E-state index is 0.0248. The first-order valence-electron chi connectivity index (χ1n) is 6.70. The fourth-order valence-corrected chi connectivity index (χ4v) is 1.89. The minimum Gasteiger partial charge on any atom is -0.497 e. The summed E-state index contributed by atoms with van der Waals surface area (Å²) in [6.07, 6.45) is 0. The highest BCUT2D eigenvalue weighted by molar-refractivity contribution is 5.83. The Morgan fingerprint density at radius 1 is 1.19 bits per heavy atom. The summed E-state index contributed by atoms with van der Waals surface area (Å²) in [4.78, 5) is 22.7. The summed E-state index contributed by atoms with van der Waals surface area (Å²) in [5, 5.41) is 5.76. The summed E-state index contributed by atoms with van der Waals surface area (Å²) < 4.78 is 9.78. The Labute approximate surface area is 124 Å². The van der Waals surface area contributed by atoms with Gasteiger partial charge in [0.05, 0.1) is 14.2 Å². The van der Waals surface area contributed by atoms with Gasteiger partial charge in [-0.3, -0.25) is 4.79 Å². The molecule has 116 valence electrons. The second-order valence-electron chi connectivity index (χ2n) is 4.68. The fraction of sp³-hybridized carbons (Fsp3) is 0.467. The zero-order valence-electron chi connectivity index (χ0n) is 12.8. The average Bonchev–Trinajstić information content (AvgIpc) is 2.50. The van der Waals surface area contributed by atoms with Gasteiger partial charge in [0, 0.05) is 19.5 Å². The fourth-order valence-electron chi connectivity index (χ4n) is 1.89. The number of amides is 1. The van der Waals surface area contributed by atoms with E-state index < -0.39 is 12.0 Å². The molecule has 0 aliphatic carbocycles. The number of ether oxygens (including phenoxy) is 2. The maximum atomic E-state index is 11.6. The first-order chi connectivity index (χ1) is 9.97. The molecule has 0 aromatic heterocycles. The molecule has 2 N–H and O–H groups in total. The van der Waals surface area contributed by atoms with Crippen molar-refractivity contribution in [2.24, 2.45) is 0 Å². The zero-order valence-corrected chi connectivity index (χ0v) is 12.8. The van der Waals surface area contributed by atoms with Crippen molar-refractivity contribution < 1.29 is 19.1 Å². The average molecular weight is 294 g/mol. The minimum atomic E-state index is -0.701. The maximum Gasteiger partial charge on any atom is 0.329 e. The van der Waals surface area contributed by atoms with Crippen LogP contribution in [0.3, 0.4) is 0 Å². The van der Waals surface area contributed by atoms with Gasteiger partial charge in [-0.2, -0.15) is 0 Å². The van der Waals surface area contributed by atoms with Gasteiger partial charge in [-0.25, -0.2) is 4.79 Å². The number of rotatable bonds is 7. The van der Waals surface area contributed by atoms with Gasteiger partial charge in [-0.15, -0.1) is 0 Å². The monoisotopic (exact) mass is 294 g/mol. The van der Waals surface area contributed by atoms with E-state index in [-0.39, 0.29) is 11.9 Å². The van der Waals surface area contributed by atoms with Gasteiger partial charge < -0.3 is 20.1 Å². The smallest absolute Gasteiger partial charge is 0.329 e. The topological polar surface area (TPSA) is 76.7 Å². The number of hydrogen-bond acceptors (Lipinski definition) is 5. The van der Waals surface area contributed by atoms with Crippen molar-refractivity contribution in [3.05, 3.63) is 29.8 Å². The molecule has 0 fully saturated rings. The molecule has 0 spiro atoms. The molecule has 6 heteroatoms. The lowest BCUT2D eigenvalue weighted by Crippen LogP contribution is -2.47. The lowest BCUT2D eigenvalue weighted by molar-refractivity contribution is -0.144. The molecule has 0 radical (unpaired) electrons. The van der Waals surface area contributed by atoms with Crippen molar-refractivity contribution in [2.45, 2.75) is 25.9 Å². The van der Waals surface area contributed by atoms with Gasteiger partial charge in [0.25, 0.3) is 0 Å². The summed E-state index contributed by atoms with van der Waals surface area (Å²) in [5.41, 5.74) is 1.06. The van der Waals surface area contributed by atoms with Gasteiger partial charge >= 0.3 is 5.97 Å². The van der Waals surface area contributed by atoms with Crippen LogP contribution in [0.1, 0.15) is 25.5 Å². The Bertz CT molecular complexity index is 473. The van der Waals surface area contributed by atoms with Gasteiger partial charge in [0.15, 0.2) is 0 Å². The molecule has 1 unspecified atom stereocenters. The third-order valence-electron chi connectivity index (χ3n) is 3.11. The Morgan fingerprint density at radius 2 is 1.81 bits per heavy atom. The van der Waals surface area contributed by atoms with Crippen molar-refractivity contribution in [2.75, 3.05) is 20.8 Å². The first-order valence-corrected chi connectivity index (χ1v) is 6.70. The van der Waals surface area contributed by atoms with E-state index in [4.69, 9.17) is 4.74 Å². The van der Waals surface area contributed by atoms with Crippen LogP contribution in [0.25, 0.3) is 0 Å². The van der Waals surface area contributed by atoms with Crippen molar-refractivity contribution in [3.63, 3.8) is 0 Å². The van der Waals surface area contributed by atoms with Crippen molar-refractivity contribution >= 4 is 11.9 Å². The van der Waals surface area contributed by atoms with Crippen LogP contribution in [0.15, 0.2) is 24.3 Å². The predicted octanol–water partition coefficient (Wildman–Crippen LogP) is 1.02. The molecule has 1 rings (SSSR count). The molecule has 0 aliphatic rings. The van der Waals surface area contributed by atoms with E-state index in [1.165, 1.54) is 14.0 Å². The van der Waals surface area contributed by atoms with Crippen LogP contribution in [-0.2, 0) is 14.3 Å². The Hall–Kier alpha value is -2.08.